The molecule has 5 nitrogen and oxygen atoms in total. The van der Waals surface area contributed by atoms with Gasteiger partial charge in [0.15, 0.2) is 0 Å². The molecule has 0 saturated carbocycles. The van der Waals surface area contributed by atoms with Gasteiger partial charge in [0.1, 0.15) is 24.2 Å². The molecule has 1 amide bonds. The van der Waals surface area contributed by atoms with Crippen molar-refractivity contribution in [1.29, 1.82) is 0 Å². The summed E-state index contributed by atoms with van der Waals surface area (Å²) in [6.07, 6.45) is -0.886. The van der Waals surface area contributed by atoms with Crippen LogP contribution in [0.15, 0.2) is 48.5 Å². The van der Waals surface area contributed by atoms with Crippen LogP contribution in [0.25, 0.3) is 0 Å². The van der Waals surface area contributed by atoms with Crippen molar-refractivity contribution in [2.45, 2.75) is 32.2 Å². The second-order valence-corrected chi connectivity index (χ2v) is 5.53. The molecule has 24 heavy (non-hydrogen) atoms. The Morgan fingerprint density at radius 2 is 2.04 bits per heavy atom. The third-order valence-corrected chi connectivity index (χ3v) is 3.57. The summed E-state index contributed by atoms with van der Waals surface area (Å²) in [6, 6.07) is 12.8. The van der Waals surface area contributed by atoms with Gasteiger partial charge in [0.05, 0.1) is 6.10 Å². The van der Waals surface area contributed by atoms with Crippen LogP contribution in [-0.4, -0.2) is 23.2 Å². The summed E-state index contributed by atoms with van der Waals surface area (Å²) in [5.74, 6) is -0.335. The van der Waals surface area contributed by atoms with Gasteiger partial charge in [0.2, 0.25) is 5.91 Å². The highest BCUT2D eigenvalue weighted by Gasteiger charge is 2.20. The predicted molar refractivity (Wildman–Crippen MR) is 88.7 cm³/mol. The van der Waals surface area contributed by atoms with Gasteiger partial charge in [0, 0.05) is 12.1 Å². The van der Waals surface area contributed by atoms with Gasteiger partial charge in [-0.3, -0.25) is 10.1 Å². The minimum atomic E-state index is -0.886. The first-order valence-corrected chi connectivity index (χ1v) is 7.63. The Balaban J connectivity index is 1.96. The Hall–Kier alpha value is -2.44. The number of amides is 1. The number of nitrogens with two attached hydrogens (primary N) is 1. The van der Waals surface area contributed by atoms with E-state index in [1.54, 1.807) is 36.4 Å². The van der Waals surface area contributed by atoms with E-state index in [-0.39, 0.29) is 12.4 Å². The van der Waals surface area contributed by atoms with Crippen LogP contribution in [0, 0.1) is 5.82 Å². The number of aliphatic hydroxyl groups is 1. The van der Waals surface area contributed by atoms with Gasteiger partial charge in [-0.1, -0.05) is 30.3 Å². The van der Waals surface area contributed by atoms with Crippen molar-refractivity contribution >= 4 is 5.91 Å². The lowest BCUT2D eigenvalue weighted by Gasteiger charge is -2.18. The van der Waals surface area contributed by atoms with Crippen molar-refractivity contribution in [2.24, 2.45) is 5.73 Å². The second-order valence-electron chi connectivity index (χ2n) is 5.53. The Morgan fingerprint density at radius 1 is 1.29 bits per heavy atom. The second kappa shape index (κ2) is 8.42. The SMILES string of the molecule is CC(O)C(NCc1cccc(OCc2ccccc2F)c1)C(N)=O. The van der Waals surface area contributed by atoms with Crippen molar-refractivity contribution < 1.29 is 19.0 Å². The third-order valence-electron chi connectivity index (χ3n) is 3.57. The van der Waals surface area contributed by atoms with Crippen LogP contribution in [0.3, 0.4) is 0 Å². The van der Waals surface area contributed by atoms with Crippen molar-refractivity contribution in [2.75, 3.05) is 0 Å². The molecule has 2 unspecified atom stereocenters. The van der Waals surface area contributed by atoms with Crippen molar-refractivity contribution in [3.8, 4) is 5.75 Å². The van der Waals surface area contributed by atoms with Crippen LogP contribution in [0.1, 0.15) is 18.1 Å². The Kier molecular flexibility index (Phi) is 6.28. The number of hydrogen-bond acceptors (Lipinski definition) is 4. The summed E-state index contributed by atoms with van der Waals surface area (Å²) in [6.45, 7) is 1.97. The summed E-state index contributed by atoms with van der Waals surface area (Å²) in [5, 5.41) is 12.4. The van der Waals surface area contributed by atoms with Crippen LogP contribution in [-0.2, 0) is 17.9 Å². The van der Waals surface area contributed by atoms with E-state index in [1.807, 2.05) is 6.07 Å². The molecule has 0 aliphatic carbocycles. The lowest BCUT2D eigenvalue weighted by atomic mass is 10.1. The molecular weight excluding hydrogens is 311 g/mol. The van der Waals surface area contributed by atoms with Crippen LogP contribution in [0.4, 0.5) is 4.39 Å². The standard InChI is InChI=1S/C18H21FN2O3/c1-12(22)17(18(20)23)21-10-13-5-4-7-15(9-13)24-11-14-6-2-3-8-16(14)19/h2-9,12,17,21-22H,10-11H2,1H3,(H2,20,23). The van der Waals surface area contributed by atoms with Crippen molar-refractivity contribution in [3.05, 3.63) is 65.5 Å². The molecular formula is C18H21FN2O3. The zero-order valence-electron chi connectivity index (χ0n) is 13.4. The van der Waals surface area contributed by atoms with E-state index in [2.05, 4.69) is 5.32 Å². The highest BCUT2D eigenvalue weighted by Crippen LogP contribution is 2.16. The molecule has 0 spiro atoms. The topological polar surface area (TPSA) is 84.6 Å². The normalized spacial score (nSPS) is 13.3. The first-order chi connectivity index (χ1) is 11.5. The van der Waals surface area contributed by atoms with Crippen LogP contribution in [0.2, 0.25) is 0 Å². The molecule has 2 aromatic rings. The molecule has 0 saturated heterocycles. The minimum absolute atomic E-state index is 0.126. The summed E-state index contributed by atoms with van der Waals surface area (Å²) < 4.78 is 19.2. The highest BCUT2D eigenvalue weighted by atomic mass is 19.1. The maximum absolute atomic E-state index is 13.6. The maximum atomic E-state index is 13.6. The monoisotopic (exact) mass is 332 g/mol. The number of benzene rings is 2. The van der Waals surface area contributed by atoms with E-state index in [0.717, 1.165) is 5.56 Å². The largest absolute Gasteiger partial charge is 0.489 e. The number of hydrogen-bond donors (Lipinski definition) is 3. The van der Waals surface area contributed by atoms with Gasteiger partial charge < -0.3 is 15.6 Å². The van der Waals surface area contributed by atoms with E-state index in [1.165, 1.54) is 13.0 Å². The Labute approximate surface area is 140 Å². The summed E-state index contributed by atoms with van der Waals surface area (Å²) >= 11 is 0. The zero-order chi connectivity index (χ0) is 17.5. The summed E-state index contributed by atoms with van der Waals surface area (Å²) in [5.41, 5.74) is 6.57. The first-order valence-electron chi connectivity index (χ1n) is 7.63. The molecule has 2 atom stereocenters. The van der Waals surface area contributed by atoms with Gasteiger partial charge in [-0.2, -0.15) is 0 Å². The molecule has 4 N–H and O–H groups in total. The lowest BCUT2D eigenvalue weighted by Crippen LogP contribution is -2.47. The minimum Gasteiger partial charge on any atom is -0.489 e. The Bertz CT molecular complexity index is 691. The van der Waals surface area contributed by atoms with E-state index in [9.17, 15) is 14.3 Å². The van der Waals surface area contributed by atoms with E-state index < -0.39 is 18.1 Å². The fourth-order valence-electron chi connectivity index (χ4n) is 2.26. The lowest BCUT2D eigenvalue weighted by molar-refractivity contribution is -0.122. The Morgan fingerprint density at radius 3 is 2.71 bits per heavy atom. The average Bonchev–Trinajstić information content (AvgIpc) is 2.54. The fourth-order valence-corrected chi connectivity index (χ4v) is 2.26. The molecule has 128 valence electrons. The molecule has 0 radical (unpaired) electrons. The fraction of sp³-hybridized carbons (Fsp3) is 0.278. The number of primary amides is 1. The van der Waals surface area contributed by atoms with Gasteiger partial charge in [-0.25, -0.2) is 4.39 Å². The molecule has 0 heterocycles. The molecule has 0 aliphatic heterocycles. The molecule has 0 fully saturated rings. The third kappa shape index (κ3) is 5.04. The van der Waals surface area contributed by atoms with Crippen LogP contribution in [0.5, 0.6) is 5.75 Å². The number of carbonyl (C=O) groups excluding carboxylic acids is 1. The molecule has 2 rings (SSSR count). The van der Waals surface area contributed by atoms with Crippen molar-refractivity contribution in [1.82, 2.24) is 5.32 Å². The van der Waals surface area contributed by atoms with Crippen LogP contribution >= 0.6 is 0 Å². The van der Waals surface area contributed by atoms with E-state index in [4.69, 9.17) is 10.5 Å². The molecule has 0 aromatic heterocycles. The quantitative estimate of drug-likeness (QED) is 0.687. The molecule has 0 aliphatic rings. The number of ether oxygens (including phenoxy) is 1. The summed E-state index contributed by atoms with van der Waals surface area (Å²) in [7, 11) is 0. The van der Waals surface area contributed by atoms with E-state index in [0.29, 0.717) is 17.9 Å². The van der Waals surface area contributed by atoms with Crippen LogP contribution < -0.4 is 15.8 Å². The number of rotatable bonds is 8. The zero-order valence-corrected chi connectivity index (χ0v) is 13.4. The molecule has 0 bridgehead atoms. The van der Waals surface area contributed by atoms with E-state index >= 15 is 0 Å². The van der Waals surface area contributed by atoms with Gasteiger partial charge in [0.25, 0.3) is 0 Å². The first kappa shape index (κ1) is 17.9. The number of halogens is 1. The average molecular weight is 332 g/mol. The van der Waals surface area contributed by atoms with Gasteiger partial charge in [-0.15, -0.1) is 0 Å². The maximum Gasteiger partial charge on any atom is 0.237 e. The van der Waals surface area contributed by atoms with Crippen molar-refractivity contribution in [3.63, 3.8) is 0 Å². The smallest absolute Gasteiger partial charge is 0.237 e. The van der Waals surface area contributed by atoms with Gasteiger partial charge in [-0.05, 0) is 30.7 Å². The predicted octanol–water partition coefficient (Wildman–Crippen LogP) is 1.73. The summed E-state index contributed by atoms with van der Waals surface area (Å²) in [4.78, 5) is 11.3. The number of carbonyl (C=O) groups is 1. The van der Waals surface area contributed by atoms with Gasteiger partial charge >= 0.3 is 0 Å². The molecule has 6 heteroatoms. The highest BCUT2D eigenvalue weighted by molar-refractivity contribution is 5.80. The molecule has 2 aromatic carbocycles. The number of aliphatic hydroxyl groups excluding tert-OH is 1. The number of nitrogens with one attached hydrogen (secondary N) is 1.